The average Bonchev–Trinajstić information content (AvgIpc) is 3.21. The van der Waals surface area contributed by atoms with Gasteiger partial charge in [-0.3, -0.25) is 9.97 Å². The standard InChI is InChI=1S/C25H20F2N6O/c1-24(2)15-6-7-25(24,19-11-29-13-21(31-19)34-20-12-28-8-9-30-20)23-14(15)10-18(32-33-23)22-16(26)4-3-5-17(22)27/h3-5,8-13,15H,6-7H2,1-2H3/t15-,25?/m0/s1. The fraction of sp³-hybridized carbons (Fsp3) is 0.280. The molecule has 0 saturated heterocycles. The summed E-state index contributed by atoms with van der Waals surface area (Å²) in [5, 5.41) is 8.80. The van der Waals surface area contributed by atoms with E-state index < -0.39 is 17.0 Å². The van der Waals surface area contributed by atoms with Gasteiger partial charge >= 0.3 is 0 Å². The summed E-state index contributed by atoms with van der Waals surface area (Å²) in [5.41, 5.74) is 1.66. The van der Waals surface area contributed by atoms with Crippen LogP contribution in [0.5, 0.6) is 11.8 Å². The van der Waals surface area contributed by atoms with Gasteiger partial charge in [0.25, 0.3) is 0 Å². The Morgan fingerprint density at radius 3 is 2.53 bits per heavy atom. The molecule has 0 N–H and O–H groups in total. The van der Waals surface area contributed by atoms with E-state index in [0.717, 1.165) is 29.8 Å². The van der Waals surface area contributed by atoms with E-state index in [2.05, 4.69) is 39.0 Å². The van der Waals surface area contributed by atoms with Crippen molar-refractivity contribution >= 4 is 0 Å². The van der Waals surface area contributed by atoms with Crippen LogP contribution in [-0.4, -0.2) is 30.1 Å². The molecule has 3 aromatic heterocycles. The summed E-state index contributed by atoms with van der Waals surface area (Å²) in [5.74, 6) is -0.563. The second-order valence-corrected chi connectivity index (χ2v) is 9.24. The number of hydrogen-bond acceptors (Lipinski definition) is 7. The Labute approximate surface area is 194 Å². The van der Waals surface area contributed by atoms with Crippen LogP contribution in [0.15, 0.2) is 55.2 Å². The maximum absolute atomic E-state index is 14.4. The molecule has 2 atom stereocenters. The summed E-state index contributed by atoms with van der Waals surface area (Å²) in [6, 6.07) is 5.57. The predicted molar refractivity (Wildman–Crippen MR) is 118 cm³/mol. The molecule has 34 heavy (non-hydrogen) atoms. The van der Waals surface area contributed by atoms with Crippen LogP contribution in [-0.2, 0) is 5.41 Å². The Kier molecular flexibility index (Phi) is 4.45. The molecule has 1 unspecified atom stereocenters. The van der Waals surface area contributed by atoms with Crippen LogP contribution in [0, 0.1) is 17.0 Å². The van der Waals surface area contributed by atoms with Gasteiger partial charge in [0.05, 0.1) is 40.5 Å². The molecule has 1 aromatic carbocycles. The molecule has 2 aliphatic carbocycles. The molecular formula is C25H20F2N6O. The van der Waals surface area contributed by atoms with Gasteiger partial charge < -0.3 is 4.74 Å². The zero-order valence-electron chi connectivity index (χ0n) is 18.5. The SMILES string of the molecule is CC1(C)[C@H]2CCC1(c1cncc(Oc3cnccn3)n1)c1nnc(-c3c(F)cccc3F)cc12. The van der Waals surface area contributed by atoms with E-state index in [0.29, 0.717) is 11.8 Å². The third-order valence-corrected chi connectivity index (χ3v) is 7.40. The number of rotatable bonds is 4. The first-order valence-electron chi connectivity index (χ1n) is 11.0. The van der Waals surface area contributed by atoms with Crippen LogP contribution in [0.2, 0.25) is 0 Å². The van der Waals surface area contributed by atoms with Crippen molar-refractivity contribution in [1.82, 2.24) is 30.1 Å². The number of ether oxygens (including phenoxy) is 1. The number of nitrogens with zero attached hydrogens (tertiary/aromatic N) is 6. The largest absolute Gasteiger partial charge is 0.417 e. The van der Waals surface area contributed by atoms with Crippen molar-refractivity contribution in [3.8, 4) is 23.0 Å². The lowest BCUT2D eigenvalue weighted by Crippen LogP contribution is -2.38. The van der Waals surface area contributed by atoms with Crippen molar-refractivity contribution < 1.29 is 13.5 Å². The first-order chi connectivity index (χ1) is 16.4. The molecule has 0 spiro atoms. The summed E-state index contributed by atoms with van der Waals surface area (Å²) in [4.78, 5) is 17.3. The zero-order valence-corrected chi connectivity index (χ0v) is 18.5. The molecular weight excluding hydrogens is 438 g/mol. The Balaban J connectivity index is 1.47. The predicted octanol–water partition coefficient (Wildman–Crippen LogP) is 5.00. The minimum atomic E-state index is -0.661. The highest BCUT2D eigenvalue weighted by atomic mass is 19.1. The van der Waals surface area contributed by atoms with Gasteiger partial charge in [-0.05, 0) is 47.9 Å². The quantitative estimate of drug-likeness (QED) is 0.425. The molecule has 6 rings (SSSR count). The van der Waals surface area contributed by atoms with E-state index >= 15 is 0 Å². The second-order valence-electron chi connectivity index (χ2n) is 9.24. The summed E-state index contributed by atoms with van der Waals surface area (Å²) in [6.45, 7) is 4.35. The van der Waals surface area contributed by atoms with Gasteiger partial charge in [0, 0.05) is 18.6 Å². The van der Waals surface area contributed by atoms with Crippen LogP contribution >= 0.6 is 0 Å². The third kappa shape index (κ3) is 2.79. The Bertz CT molecular complexity index is 1390. The molecule has 1 fully saturated rings. The van der Waals surface area contributed by atoms with Gasteiger partial charge in [0.2, 0.25) is 11.8 Å². The van der Waals surface area contributed by atoms with Gasteiger partial charge in [0.15, 0.2) is 0 Å². The summed E-state index contributed by atoms with van der Waals surface area (Å²) in [6.07, 6.45) is 9.56. The lowest BCUT2D eigenvalue weighted by Gasteiger charge is -2.37. The van der Waals surface area contributed by atoms with Gasteiger partial charge in [-0.1, -0.05) is 19.9 Å². The molecule has 3 heterocycles. The number of benzene rings is 1. The normalized spacial score (nSPS) is 21.9. The molecule has 4 aromatic rings. The fourth-order valence-electron chi connectivity index (χ4n) is 5.80. The lowest BCUT2D eigenvalue weighted by molar-refractivity contribution is 0.240. The highest BCUT2D eigenvalue weighted by molar-refractivity contribution is 5.64. The van der Waals surface area contributed by atoms with E-state index in [9.17, 15) is 8.78 Å². The van der Waals surface area contributed by atoms with Gasteiger partial charge in [0.1, 0.15) is 11.6 Å². The lowest BCUT2D eigenvalue weighted by atomic mass is 9.66. The van der Waals surface area contributed by atoms with Crippen LogP contribution < -0.4 is 4.74 Å². The highest BCUT2D eigenvalue weighted by Crippen LogP contribution is 2.69. The Morgan fingerprint density at radius 1 is 0.971 bits per heavy atom. The topological polar surface area (TPSA) is 86.6 Å². The summed E-state index contributed by atoms with van der Waals surface area (Å²) < 4.78 is 34.7. The van der Waals surface area contributed by atoms with Crippen LogP contribution in [0.25, 0.3) is 11.3 Å². The van der Waals surface area contributed by atoms with Gasteiger partial charge in [-0.2, -0.15) is 5.10 Å². The van der Waals surface area contributed by atoms with E-state index in [1.54, 1.807) is 18.5 Å². The molecule has 0 radical (unpaired) electrons. The van der Waals surface area contributed by atoms with Gasteiger partial charge in [-0.15, -0.1) is 5.10 Å². The smallest absolute Gasteiger partial charge is 0.240 e. The highest BCUT2D eigenvalue weighted by Gasteiger charge is 2.65. The average molecular weight is 458 g/mol. The van der Waals surface area contributed by atoms with Crippen molar-refractivity contribution in [3.05, 3.63) is 83.8 Å². The van der Waals surface area contributed by atoms with E-state index in [1.807, 2.05) is 0 Å². The molecule has 2 aliphatic rings. The number of aromatic nitrogens is 6. The molecule has 9 heteroatoms. The summed E-state index contributed by atoms with van der Waals surface area (Å²) in [7, 11) is 0. The van der Waals surface area contributed by atoms with Crippen molar-refractivity contribution in [3.63, 3.8) is 0 Å². The Morgan fingerprint density at radius 2 is 1.76 bits per heavy atom. The van der Waals surface area contributed by atoms with Crippen molar-refractivity contribution in [2.45, 2.75) is 38.0 Å². The van der Waals surface area contributed by atoms with Crippen LogP contribution in [0.3, 0.4) is 0 Å². The molecule has 0 aliphatic heterocycles. The number of hydrogen-bond donors (Lipinski definition) is 0. The Hall–Kier alpha value is -3.88. The van der Waals surface area contributed by atoms with Crippen molar-refractivity contribution in [1.29, 1.82) is 0 Å². The maximum Gasteiger partial charge on any atom is 0.240 e. The first kappa shape index (κ1) is 20.7. The van der Waals surface area contributed by atoms with Crippen molar-refractivity contribution in [2.75, 3.05) is 0 Å². The van der Waals surface area contributed by atoms with Crippen LogP contribution in [0.4, 0.5) is 8.78 Å². The second kappa shape index (κ2) is 7.31. The first-order valence-corrected chi connectivity index (χ1v) is 11.0. The zero-order chi connectivity index (χ0) is 23.5. The third-order valence-electron chi connectivity index (χ3n) is 7.40. The number of fused-ring (bicyclic) bond motifs is 5. The van der Waals surface area contributed by atoms with E-state index in [-0.39, 0.29) is 22.6 Å². The minimum absolute atomic E-state index is 0.137. The van der Waals surface area contributed by atoms with Crippen LogP contribution in [0.1, 0.15) is 49.6 Å². The molecule has 1 saturated carbocycles. The monoisotopic (exact) mass is 458 g/mol. The van der Waals surface area contributed by atoms with Crippen molar-refractivity contribution in [2.24, 2.45) is 5.41 Å². The maximum atomic E-state index is 14.4. The minimum Gasteiger partial charge on any atom is -0.417 e. The summed E-state index contributed by atoms with van der Waals surface area (Å²) >= 11 is 0. The molecule has 7 nitrogen and oxygen atoms in total. The fourth-order valence-corrected chi connectivity index (χ4v) is 5.80. The number of halogens is 2. The van der Waals surface area contributed by atoms with Gasteiger partial charge in [-0.25, -0.2) is 18.7 Å². The van der Waals surface area contributed by atoms with E-state index in [4.69, 9.17) is 9.72 Å². The van der Waals surface area contributed by atoms with E-state index in [1.165, 1.54) is 36.8 Å². The molecule has 2 bridgehead atoms. The molecule has 0 amide bonds. The molecule has 170 valence electrons.